The van der Waals surface area contributed by atoms with Gasteiger partial charge in [0.05, 0.1) is 7.11 Å². The van der Waals surface area contributed by atoms with E-state index >= 15 is 0 Å². The number of ether oxygens (including phenoxy) is 2. The second-order valence-corrected chi connectivity index (χ2v) is 6.04. The lowest BCUT2D eigenvalue weighted by Crippen LogP contribution is -2.21. The van der Waals surface area contributed by atoms with Gasteiger partial charge in [0.1, 0.15) is 0 Å². The molecule has 6 heteroatoms. The Morgan fingerprint density at radius 3 is 2.44 bits per heavy atom. The van der Waals surface area contributed by atoms with Crippen LogP contribution in [0.5, 0.6) is 11.5 Å². The summed E-state index contributed by atoms with van der Waals surface area (Å²) in [4.78, 5) is 24.9. The van der Waals surface area contributed by atoms with E-state index in [1.54, 1.807) is 18.2 Å². The number of ketones is 1. The maximum absolute atomic E-state index is 13.1. The number of rotatable bonds is 9. The van der Waals surface area contributed by atoms with Gasteiger partial charge in [-0.1, -0.05) is 32.0 Å². The molecular weight excluding hydrogens is 348 g/mol. The smallest absolute Gasteiger partial charge is 0.337 e. The van der Waals surface area contributed by atoms with Crippen LogP contribution in [0.25, 0.3) is 0 Å². The summed E-state index contributed by atoms with van der Waals surface area (Å²) in [5.74, 6) is -1.43. The molecule has 2 rings (SSSR count). The zero-order valence-corrected chi connectivity index (χ0v) is 15.7. The number of carboxylic acid groups (broad SMARTS) is 1. The molecule has 144 valence electrons. The Kier molecular flexibility index (Phi) is 6.96. The number of hydrogen-bond donors (Lipinski definition) is 2. The second kappa shape index (κ2) is 9.19. The predicted octanol–water partition coefficient (Wildman–Crippen LogP) is 3.75. The lowest BCUT2D eigenvalue weighted by Gasteiger charge is -2.20. The van der Waals surface area contributed by atoms with Crippen LogP contribution in [0.2, 0.25) is 0 Å². The van der Waals surface area contributed by atoms with Crippen molar-refractivity contribution in [2.45, 2.75) is 32.8 Å². The topological polar surface area (TPSA) is 93.1 Å². The van der Waals surface area contributed by atoms with Gasteiger partial charge in [0, 0.05) is 23.3 Å². The summed E-state index contributed by atoms with van der Waals surface area (Å²) in [5.41, 5.74) is 1.59. The van der Waals surface area contributed by atoms with Gasteiger partial charge in [-0.15, -0.1) is 0 Å². The first-order valence-electron chi connectivity index (χ1n) is 8.82. The summed E-state index contributed by atoms with van der Waals surface area (Å²) in [7, 11) is 1.42. The summed E-state index contributed by atoms with van der Waals surface area (Å²) < 4.78 is 10.5. The lowest BCUT2D eigenvalue weighted by atomic mass is 9.90. The third-order valence-electron chi connectivity index (χ3n) is 4.24. The highest BCUT2D eigenvalue weighted by Crippen LogP contribution is 2.31. The largest absolute Gasteiger partial charge is 0.504 e. The first-order valence-corrected chi connectivity index (χ1v) is 8.82. The minimum atomic E-state index is -1.23. The minimum Gasteiger partial charge on any atom is -0.504 e. The van der Waals surface area contributed by atoms with Crippen molar-refractivity contribution in [2.24, 2.45) is 0 Å². The van der Waals surface area contributed by atoms with Gasteiger partial charge in [-0.05, 0) is 36.6 Å². The van der Waals surface area contributed by atoms with Crippen LogP contribution in [-0.2, 0) is 16.0 Å². The number of carbonyl (C=O) groups is 2. The quantitative estimate of drug-likeness (QED) is 0.651. The van der Waals surface area contributed by atoms with E-state index in [9.17, 15) is 19.8 Å². The Hall–Kier alpha value is -2.86. The van der Waals surface area contributed by atoms with Crippen LogP contribution in [0, 0.1) is 0 Å². The average molecular weight is 372 g/mol. The Bertz CT molecular complexity index is 827. The molecule has 27 heavy (non-hydrogen) atoms. The van der Waals surface area contributed by atoms with E-state index in [1.807, 2.05) is 13.8 Å². The Balaban J connectivity index is 2.57. The molecule has 0 saturated heterocycles. The fourth-order valence-corrected chi connectivity index (χ4v) is 2.93. The van der Waals surface area contributed by atoms with Crippen LogP contribution in [0.15, 0.2) is 36.4 Å². The standard InChI is InChI=1S/C21H24O6/c1-4-11-27-20(21(24)25)18-13(5-2)7-6-8-15(18)19(23)14-9-10-17(26-3)16(22)12-14/h6-10,12,20,22H,4-5,11H2,1-3H3,(H,24,25). The monoisotopic (exact) mass is 372 g/mol. The number of benzene rings is 2. The molecule has 2 aromatic rings. The fourth-order valence-electron chi connectivity index (χ4n) is 2.93. The molecule has 0 aliphatic carbocycles. The Morgan fingerprint density at radius 1 is 1.15 bits per heavy atom. The average Bonchev–Trinajstić information content (AvgIpc) is 2.67. The maximum Gasteiger partial charge on any atom is 0.337 e. The van der Waals surface area contributed by atoms with Crippen molar-refractivity contribution >= 4 is 11.8 Å². The molecule has 0 amide bonds. The number of hydrogen-bond acceptors (Lipinski definition) is 5. The summed E-state index contributed by atoms with van der Waals surface area (Å²) in [6.45, 7) is 4.05. The molecule has 2 aromatic carbocycles. The minimum absolute atomic E-state index is 0.159. The molecule has 0 radical (unpaired) electrons. The highest BCUT2D eigenvalue weighted by Gasteiger charge is 2.28. The number of aryl methyl sites for hydroxylation is 1. The molecule has 6 nitrogen and oxygen atoms in total. The summed E-state index contributed by atoms with van der Waals surface area (Å²) >= 11 is 0. The van der Waals surface area contributed by atoms with Crippen molar-refractivity contribution in [1.82, 2.24) is 0 Å². The molecular formula is C21H24O6. The third-order valence-corrected chi connectivity index (χ3v) is 4.24. The number of phenols is 1. The number of aliphatic carboxylic acids is 1. The van der Waals surface area contributed by atoms with Gasteiger partial charge >= 0.3 is 5.97 Å². The summed E-state index contributed by atoms with van der Waals surface area (Å²) in [6, 6.07) is 9.44. The maximum atomic E-state index is 13.1. The van der Waals surface area contributed by atoms with Crippen LogP contribution in [0.4, 0.5) is 0 Å². The van der Waals surface area contributed by atoms with E-state index in [0.717, 1.165) is 5.56 Å². The molecule has 2 N–H and O–H groups in total. The van der Waals surface area contributed by atoms with Crippen LogP contribution >= 0.6 is 0 Å². The van der Waals surface area contributed by atoms with E-state index in [2.05, 4.69) is 0 Å². The Morgan fingerprint density at radius 2 is 1.89 bits per heavy atom. The van der Waals surface area contributed by atoms with Gasteiger partial charge in [0.2, 0.25) is 0 Å². The SMILES string of the molecule is CCCOC(C(=O)O)c1c(CC)cccc1C(=O)c1ccc(OC)c(O)c1. The molecule has 0 aromatic heterocycles. The lowest BCUT2D eigenvalue weighted by molar-refractivity contribution is -0.151. The van der Waals surface area contributed by atoms with E-state index in [4.69, 9.17) is 9.47 Å². The van der Waals surface area contributed by atoms with Gasteiger partial charge in [0.15, 0.2) is 23.4 Å². The highest BCUT2D eigenvalue weighted by molar-refractivity contribution is 6.11. The molecule has 1 unspecified atom stereocenters. The van der Waals surface area contributed by atoms with E-state index < -0.39 is 12.1 Å². The summed E-state index contributed by atoms with van der Waals surface area (Å²) in [5, 5.41) is 19.6. The summed E-state index contributed by atoms with van der Waals surface area (Å²) in [6.07, 6.45) is -0.0102. The molecule has 0 fully saturated rings. The fraction of sp³-hybridized carbons (Fsp3) is 0.333. The third kappa shape index (κ3) is 4.46. The molecule has 0 spiro atoms. The van der Waals surface area contributed by atoms with E-state index in [0.29, 0.717) is 18.4 Å². The molecule has 0 heterocycles. The van der Waals surface area contributed by atoms with Crippen LogP contribution < -0.4 is 4.74 Å². The van der Waals surface area contributed by atoms with Crippen molar-refractivity contribution in [2.75, 3.05) is 13.7 Å². The van der Waals surface area contributed by atoms with Gasteiger partial charge in [-0.2, -0.15) is 0 Å². The number of phenolic OH excluding ortho intramolecular Hbond substituents is 1. The number of carboxylic acids is 1. The molecule has 0 saturated carbocycles. The van der Waals surface area contributed by atoms with Crippen molar-refractivity contribution in [3.8, 4) is 11.5 Å². The highest BCUT2D eigenvalue weighted by atomic mass is 16.5. The van der Waals surface area contributed by atoms with E-state index in [1.165, 1.54) is 25.3 Å². The van der Waals surface area contributed by atoms with Crippen molar-refractivity contribution in [3.05, 3.63) is 58.7 Å². The molecule has 1 atom stereocenters. The van der Waals surface area contributed by atoms with Crippen LogP contribution in [-0.4, -0.2) is 35.7 Å². The first-order chi connectivity index (χ1) is 12.9. The predicted molar refractivity (Wildman–Crippen MR) is 101 cm³/mol. The van der Waals surface area contributed by atoms with E-state index in [-0.39, 0.29) is 35.0 Å². The van der Waals surface area contributed by atoms with Crippen molar-refractivity contribution in [3.63, 3.8) is 0 Å². The number of methoxy groups -OCH3 is 1. The molecule has 0 bridgehead atoms. The number of aromatic hydroxyl groups is 1. The van der Waals surface area contributed by atoms with Gasteiger partial charge in [0.25, 0.3) is 0 Å². The van der Waals surface area contributed by atoms with Crippen molar-refractivity contribution < 1.29 is 29.3 Å². The molecule has 0 aliphatic heterocycles. The zero-order chi connectivity index (χ0) is 20.0. The Labute approximate surface area is 158 Å². The van der Waals surface area contributed by atoms with Gasteiger partial charge < -0.3 is 19.7 Å². The van der Waals surface area contributed by atoms with Crippen LogP contribution in [0.3, 0.4) is 0 Å². The van der Waals surface area contributed by atoms with Gasteiger partial charge in [-0.3, -0.25) is 4.79 Å². The molecule has 0 aliphatic rings. The number of carbonyl (C=O) groups excluding carboxylic acids is 1. The second-order valence-electron chi connectivity index (χ2n) is 6.04. The first kappa shape index (κ1) is 20.5. The van der Waals surface area contributed by atoms with Crippen LogP contribution in [0.1, 0.15) is 53.4 Å². The van der Waals surface area contributed by atoms with Crippen molar-refractivity contribution in [1.29, 1.82) is 0 Å². The zero-order valence-electron chi connectivity index (χ0n) is 15.7. The van der Waals surface area contributed by atoms with Gasteiger partial charge in [-0.25, -0.2) is 4.79 Å². The normalized spacial score (nSPS) is 11.8.